The first kappa shape index (κ1) is 12.3. The van der Waals surface area contributed by atoms with Gasteiger partial charge in [0.1, 0.15) is 0 Å². The highest BCUT2D eigenvalue weighted by atomic mass is 32.2. The van der Waals surface area contributed by atoms with Crippen LogP contribution in [0.25, 0.3) is 0 Å². The van der Waals surface area contributed by atoms with Gasteiger partial charge in [-0.3, -0.25) is 0 Å². The van der Waals surface area contributed by atoms with Crippen molar-refractivity contribution in [3.63, 3.8) is 0 Å². The lowest BCUT2D eigenvalue weighted by Crippen LogP contribution is -2.40. The van der Waals surface area contributed by atoms with E-state index in [1.165, 1.54) is 24.3 Å². The van der Waals surface area contributed by atoms with Crippen molar-refractivity contribution in [3.8, 4) is 0 Å². The smallest absolute Gasteiger partial charge is 0.0158 e. The first-order valence-corrected chi connectivity index (χ1v) is 6.90. The van der Waals surface area contributed by atoms with Crippen molar-refractivity contribution in [1.29, 1.82) is 0 Å². The average molecular weight is 216 g/mol. The predicted octanol–water partition coefficient (Wildman–Crippen LogP) is 1.70. The van der Waals surface area contributed by atoms with Crippen molar-refractivity contribution in [1.82, 2.24) is 5.32 Å². The van der Waals surface area contributed by atoms with Gasteiger partial charge in [-0.2, -0.15) is 11.8 Å². The third-order valence-corrected chi connectivity index (χ3v) is 4.29. The summed E-state index contributed by atoms with van der Waals surface area (Å²) in [6, 6.07) is 0.738. The summed E-state index contributed by atoms with van der Waals surface area (Å²) < 4.78 is 0. The minimum absolute atomic E-state index is 0.641. The highest BCUT2D eigenvalue weighted by Crippen LogP contribution is 2.17. The molecule has 2 atom stereocenters. The molecular formula is C11H24N2S. The van der Waals surface area contributed by atoms with E-state index in [-0.39, 0.29) is 0 Å². The molecule has 1 rings (SSSR count). The Hall–Kier alpha value is 0.270. The Labute approximate surface area is 92.4 Å². The fraction of sp³-hybridized carbons (Fsp3) is 1.00. The standard InChI is InChI=1S/C11H24N2S/c1-9(2)10(6-12)7-13-11-4-3-5-14-8-11/h9-11,13H,3-8,12H2,1-2H3. The molecule has 2 nitrogen and oxygen atoms in total. The minimum atomic E-state index is 0.641. The number of hydrogen-bond donors (Lipinski definition) is 2. The van der Waals surface area contributed by atoms with E-state index in [9.17, 15) is 0 Å². The highest BCUT2D eigenvalue weighted by molar-refractivity contribution is 7.99. The van der Waals surface area contributed by atoms with Crippen LogP contribution in [0, 0.1) is 11.8 Å². The molecule has 0 radical (unpaired) electrons. The van der Waals surface area contributed by atoms with E-state index in [1.807, 2.05) is 0 Å². The Kier molecular flexibility index (Phi) is 5.90. The second kappa shape index (κ2) is 6.70. The maximum absolute atomic E-state index is 5.74. The Morgan fingerprint density at radius 2 is 2.29 bits per heavy atom. The quantitative estimate of drug-likeness (QED) is 0.734. The molecule has 0 aromatic heterocycles. The van der Waals surface area contributed by atoms with Gasteiger partial charge in [-0.25, -0.2) is 0 Å². The van der Waals surface area contributed by atoms with Gasteiger partial charge in [0.2, 0.25) is 0 Å². The normalized spacial score (nSPS) is 25.3. The van der Waals surface area contributed by atoms with Crippen molar-refractivity contribution >= 4 is 11.8 Å². The number of nitrogens with two attached hydrogens (primary N) is 1. The van der Waals surface area contributed by atoms with E-state index in [2.05, 4.69) is 30.9 Å². The zero-order valence-electron chi connectivity index (χ0n) is 9.46. The summed E-state index contributed by atoms with van der Waals surface area (Å²) in [7, 11) is 0. The van der Waals surface area contributed by atoms with Crippen molar-refractivity contribution < 1.29 is 0 Å². The first-order valence-electron chi connectivity index (χ1n) is 5.75. The van der Waals surface area contributed by atoms with Crippen molar-refractivity contribution in [2.45, 2.75) is 32.7 Å². The van der Waals surface area contributed by atoms with Crippen LogP contribution in [0.5, 0.6) is 0 Å². The molecule has 0 aromatic rings. The number of hydrogen-bond acceptors (Lipinski definition) is 3. The van der Waals surface area contributed by atoms with Crippen LogP contribution in [0.4, 0.5) is 0 Å². The summed E-state index contributed by atoms with van der Waals surface area (Å²) in [5.41, 5.74) is 5.74. The molecule has 14 heavy (non-hydrogen) atoms. The highest BCUT2D eigenvalue weighted by Gasteiger charge is 2.16. The van der Waals surface area contributed by atoms with Crippen molar-refractivity contribution in [2.75, 3.05) is 24.6 Å². The summed E-state index contributed by atoms with van der Waals surface area (Å²) >= 11 is 2.08. The van der Waals surface area contributed by atoms with Gasteiger partial charge in [-0.05, 0) is 43.5 Å². The average Bonchev–Trinajstić information content (AvgIpc) is 2.20. The molecule has 84 valence electrons. The molecule has 2 unspecified atom stereocenters. The number of nitrogens with one attached hydrogen (secondary N) is 1. The summed E-state index contributed by atoms with van der Waals surface area (Å²) in [5.74, 6) is 3.98. The van der Waals surface area contributed by atoms with Crippen molar-refractivity contribution in [3.05, 3.63) is 0 Å². The molecule has 0 spiro atoms. The van der Waals surface area contributed by atoms with Crippen LogP contribution in [-0.4, -0.2) is 30.6 Å². The Morgan fingerprint density at radius 1 is 1.50 bits per heavy atom. The molecule has 0 aliphatic carbocycles. The molecule has 0 amide bonds. The minimum Gasteiger partial charge on any atom is -0.330 e. The maximum atomic E-state index is 5.74. The molecule has 3 N–H and O–H groups in total. The van der Waals surface area contributed by atoms with Crippen LogP contribution < -0.4 is 11.1 Å². The lowest BCUT2D eigenvalue weighted by molar-refractivity contribution is 0.349. The topological polar surface area (TPSA) is 38.0 Å². The predicted molar refractivity (Wildman–Crippen MR) is 65.7 cm³/mol. The Balaban J connectivity index is 2.16. The van der Waals surface area contributed by atoms with Gasteiger partial charge in [-0.1, -0.05) is 13.8 Å². The fourth-order valence-corrected chi connectivity index (χ4v) is 2.92. The van der Waals surface area contributed by atoms with E-state index < -0.39 is 0 Å². The van der Waals surface area contributed by atoms with E-state index in [0.717, 1.165) is 19.1 Å². The van der Waals surface area contributed by atoms with Gasteiger partial charge in [0, 0.05) is 11.8 Å². The van der Waals surface area contributed by atoms with Crippen LogP contribution in [-0.2, 0) is 0 Å². The third-order valence-electron chi connectivity index (χ3n) is 3.07. The van der Waals surface area contributed by atoms with Gasteiger partial charge < -0.3 is 11.1 Å². The summed E-state index contributed by atoms with van der Waals surface area (Å²) in [5, 5.41) is 3.65. The van der Waals surface area contributed by atoms with Gasteiger partial charge >= 0.3 is 0 Å². The van der Waals surface area contributed by atoms with Crippen LogP contribution in [0.1, 0.15) is 26.7 Å². The third kappa shape index (κ3) is 4.20. The Morgan fingerprint density at radius 3 is 2.79 bits per heavy atom. The van der Waals surface area contributed by atoms with E-state index in [1.54, 1.807) is 0 Å². The SMILES string of the molecule is CC(C)C(CN)CNC1CCCSC1. The second-order valence-corrected chi connectivity index (χ2v) is 5.71. The second-order valence-electron chi connectivity index (χ2n) is 4.56. The molecule has 1 saturated heterocycles. The molecule has 1 fully saturated rings. The molecule has 0 aromatic carbocycles. The first-order chi connectivity index (χ1) is 6.74. The van der Waals surface area contributed by atoms with Crippen LogP contribution >= 0.6 is 11.8 Å². The van der Waals surface area contributed by atoms with E-state index in [4.69, 9.17) is 5.73 Å². The zero-order valence-corrected chi connectivity index (χ0v) is 10.3. The zero-order chi connectivity index (χ0) is 10.4. The molecule has 1 aliphatic heterocycles. The summed E-state index contributed by atoms with van der Waals surface area (Å²) in [6.07, 6.45) is 2.72. The molecule has 1 aliphatic rings. The lowest BCUT2D eigenvalue weighted by Gasteiger charge is -2.26. The monoisotopic (exact) mass is 216 g/mol. The van der Waals surface area contributed by atoms with Gasteiger partial charge in [0.15, 0.2) is 0 Å². The maximum Gasteiger partial charge on any atom is 0.0158 e. The van der Waals surface area contributed by atoms with Gasteiger partial charge in [-0.15, -0.1) is 0 Å². The Bertz CT molecular complexity index is 144. The van der Waals surface area contributed by atoms with Gasteiger partial charge in [0.05, 0.1) is 0 Å². The van der Waals surface area contributed by atoms with E-state index >= 15 is 0 Å². The molecule has 1 heterocycles. The van der Waals surface area contributed by atoms with Crippen LogP contribution in [0.2, 0.25) is 0 Å². The molecule has 3 heteroatoms. The van der Waals surface area contributed by atoms with Crippen LogP contribution in [0.15, 0.2) is 0 Å². The molecule has 0 saturated carbocycles. The number of rotatable bonds is 5. The molecular weight excluding hydrogens is 192 g/mol. The number of thioether (sulfide) groups is 1. The van der Waals surface area contributed by atoms with Crippen molar-refractivity contribution in [2.24, 2.45) is 17.6 Å². The summed E-state index contributed by atoms with van der Waals surface area (Å²) in [6.45, 7) is 6.42. The fourth-order valence-electron chi connectivity index (χ4n) is 1.81. The molecule has 0 bridgehead atoms. The van der Waals surface area contributed by atoms with Gasteiger partial charge in [0.25, 0.3) is 0 Å². The van der Waals surface area contributed by atoms with Crippen LogP contribution in [0.3, 0.4) is 0 Å². The lowest BCUT2D eigenvalue weighted by atomic mass is 9.95. The largest absolute Gasteiger partial charge is 0.330 e. The summed E-state index contributed by atoms with van der Waals surface area (Å²) in [4.78, 5) is 0. The van der Waals surface area contributed by atoms with E-state index in [0.29, 0.717) is 11.8 Å².